The topological polar surface area (TPSA) is 105 Å². The van der Waals surface area contributed by atoms with E-state index in [1.54, 1.807) is 0 Å². The Kier molecular flexibility index (Phi) is 6.15. The number of carbonyl (C=O) groups is 3. The molecule has 0 aromatic rings. The van der Waals surface area contributed by atoms with Crippen LogP contribution in [0.5, 0.6) is 0 Å². The minimum Gasteiger partial charge on any atom is -0.480 e. The molecule has 0 aliphatic carbocycles. The van der Waals surface area contributed by atoms with E-state index in [9.17, 15) is 14.4 Å². The Hall–Kier alpha value is -1.79. The van der Waals surface area contributed by atoms with Crippen molar-refractivity contribution in [2.24, 2.45) is 0 Å². The van der Waals surface area contributed by atoms with Gasteiger partial charge in [-0.2, -0.15) is 0 Å². The largest absolute Gasteiger partial charge is 0.480 e. The van der Waals surface area contributed by atoms with Crippen LogP contribution in [0.15, 0.2) is 0 Å². The van der Waals surface area contributed by atoms with Gasteiger partial charge in [0.15, 0.2) is 0 Å². The number of hydrogen-bond acceptors (Lipinski definition) is 4. The van der Waals surface area contributed by atoms with E-state index < -0.39 is 36.0 Å². The number of rotatable bonds is 6. The number of methoxy groups -OCH3 is 1. The van der Waals surface area contributed by atoms with Crippen LogP contribution in [0.1, 0.15) is 33.6 Å². The molecule has 0 radical (unpaired) electrons. The molecule has 0 aliphatic rings. The van der Waals surface area contributed by atoms with Crippen molar-refractivity contribution in [1.29, 1.82) is 0 Å². The number of esters is 1. The number of amides is 2. The van der Waals surface area contributed by atoms with E-state index in [4.69, 9.17) is 5.11 Å². The van der Waals surface area contributed by atoms with Gasteiger partial charge in [-0.25, -0.2) is 9.59 Å². The molecule has 0 unspecified atom stereocenters. The van der Waals surface area contributed by atoms with Gasteiger partial charge in [0, 0.05) is 5.54 Å². The third-order valence-electron chi connectivity index (χ3n) is 2.54. The van der Waals surface area contributed by atoms with Crippen molar-refractivity contribution >= 4 is 18.0 Å². The van der Waals surface area contributed by atoms with Crippen LogP contribution in [0.25, 0.3) is 0 Å². The molecule has 18 heavy (non-hydrogen) atoms. The summed E-state index contributed by atoms with van der Waals surface area (Å²) < 4.78 is 4.36. The standard InChI is InChI=1S/C11H20N2O5/c1-5-11(2,3)13-10(17)12-7(9(15)16)6-8(14)18-4/h7H,5-6H2,1-4H3,(H,15,16)(H2,12,13,17)/t7-/m0/s1. The number of ether oxygens (including phenoxy) is 1. The van der Waals surface area contributed by atoms with Crippen molar-refractivity contribution in [3.63, 3.8) is 0 Å². The quantitative estimate of drug-likeness (QED) is 0.603. The third kappa shape index (κ3) is 6.07. The summed E-state index contributed by atoms with van der Waals surface area (Å²) in [5, 5.41) is 13.7. The molecule has 104 valence electrons. The van der Waals surface area contributed by atoms with E-state index >= 15 is 0 Å². The van der Waals surface area contributed by atoms with Crippen LogP contribution in [-0.4, -0.2) is 41.8 Å². The lowest BCUT2D eigenvalue weighted by Gasteiger charge is -2.25. The Bertz CT molecular complexity index is 327. The van der Waals surface area contributed by atoms with Gasteiger partial charge < -0.3 is 20.5 Å². The zero-order chi connectivity index (χ0) is 14.3. The highest BCUT2D eigenvalue weighted by molar-refractivity contribution is 5.86. The van der Waals surface area contributed by atoms with Crippen molar-refractivity contribution in [1.82, 2.24) is 10.6 Å². The lowest BCUT2D eigenvalue weighted by Crippen LogP contribution is -2.53. The van der Waals surface area contributed by atoms with Crippen LogP contribution < -0.4 is 10.6 Å². The summed E-state index contributed by atoms with van der Waals surface area (Å²) >= 11 is 0. The molecule has 0 fully saturated rings. The van der Waals surface area contributed by atoms with Crippen LogP contribution in [0.2, 0.25) is 0 Å². The molecular weight excluding hydrogens is 240 g/mol. The van der Waals surface area contributed by atoms with Gasteiger partial charge >= 0.3 is 18.0 Å². The first-order valence-electron chi connectivity index (χ1n) is 5.60. The summed E-state index contributed by atoms with van der Waals surface area (Å²) in [7, 11) is 1.15. The van der Waals surface area contributed by atoms with Gasteiger partial charge in [0.2, 0.25) is 0 Å². The molecular formula is C11H20N2O5. The average Bonchev–Trinajstić information content (AvgIpc) is 2.27. The smallest absolute Gasteiger partial charge is 0.326 e. The fraction of sp³-hybridized carbons (Fsp3) is 0.727. The predicted molar refractivity (Wildman–Crippen MR) is 64.1 cm³/mol. The fourth-order valence-electron chi connectivity index (χ4n) is 1.04. The van der Waals surface area contributed by atoms with Crippen molar-refractivity contribution in [3.05, 3.63) is 0 Å². The maximum Gasteiger partial charge on any atom is 0.326 e. The number of carbonyl (C=O) groups excluding carboxylic acids is 2. The summed E-state index contributed by atoms with van der Waals surface area (Å²) in [6.45, 7) is 5.51. The molecule has 0 saturated carbocycles. The van der Waals surface area contributed by atoms with Crippen LogP contribution >= 0.6 is 0 Å². The van der Waals surface area contributed by atoms with Gasteiger partial charge in [-0.3, -0.25) is 4.79 Å². The highest BCUT2D eigenvalue weighted by Crippen LogP contribution is 2.06. The van der Waals surface area contributed by atoms with Gasteiger partial charge in [0.1, 0.15) is 6.04 Å². The summed E-state index contributed by atoms with van der Waals surface area (Å²) in [4.78, 5) is 33.4. The van der Waals surface area contributed by atoms with E-state index in [0.29, 0.717) is 6.42 Å². The second-order valence-corrected chi connectivity index (χ2v) is 4.51. The van der Waals surface area contributed by atoms with E-state index in [0.717, 1.165) is 7.11 Å². The highest BCUT2D eigenvalue weighted by Gasteiger charge is 2.26. The molecule has 0 aromatic carbocycles. The molecule has 7 nitrogen and oxygen atoms in total. The number of nitrogens with one attached hydrogen (secondary N) is 2. The van der Waals surface area contributed by atoms with E-state index in [-0.39, 0.29) is 0 Å². The maximum atomic E-state index is 11.6. The van der Waals surface area contributed by atoms with E-state index in [1.807, 2.05) is 20.8 Å². The number of carboxylic acids is 1. The predicted octanol–water partition coefficient (Wildman–Crippen LogP) is 0.491. The van der Waals surface area contributed by atoms with E-state index in [2.05, 4.69) is 15.4 Å². The van der Waals surface area contributed by atoms with Crippen molar-refractivity contribution in [2.45, 2.75) is 45.2 Å². The number of urea groups is 1. The minimum atomic E-state index is -1.30. The molecule has 0 bridgehead atoms. The molecule has 0 aliphatic heterocycles. The first kappa shape index (κ1) is 16.2. The van der Waals surface area contributed by atoms with Crippen molar-refractivity contribution in [3.8, 4) is 0 Å². The lowest BCUT2D eigenvalue weighted by molar-refractivity contribution is -0.147. The van der Waals surface area contributed by atoms with E-state index in [1.165, 1.54) is 0 Å². The van der Waals surface area contributed by atoms with Crippen molar-refractivity contribution in [2.75, 3.05) is 7.11 Å². The molecule has 2 amide bonds. The summed E-state index contributed by atoms with van der Waals surface area (Å²) in [6, 6.07) is -1.93. The second kappa shape index (κ2) is 6.83. The Balaban J connectivity index is 4.46. The molecule has 0 heterocycles. The molecule has 7 heteroatoms. The monoisotopic (exact) mass is 260 g/mol. The number of hydrogen-bond donors (Lipinski definition) is 3. The fourth-order valence-corrected chi connectivity index (χ4v) is 1.04. The van der Waals surface area contributed by atoms with Crippen LogP contribution in [0.3, 0.4) is 0 Å². The molecule has 0 spiro atoms. The minimum absolute atomic E-state index is 0.411. The first-order valence-corrected chi connectivity index (χ1v) is 5.60. The van der Waals surface area contributed by atoms with Crippen LogP contribution in [0.4, 0.5) is 4.79 Å². The molecule has 1 atom stereocenters. The van der Waals surface area contributed by atoms with Crippen molar-refractivity contribution < 1.29 is 24.2 Å². The Morgan fingerprint density at radius 1 is 1.33 bits per heavy atom. The van der Waals surface area contributed by atoms with Gasteiger partial charge in [-0.15, -0.1) is 0 Å². The van der Waals surface area contributed by atoms with Crippen LogP contribution in [0, 0.1) is 0 Å². The van der Waals surface area contributed by atoms with Gasteiger partial charge in [0.25, 0.3) is 0 Å². The molecule has 0 rings (SSSR count). The lowest BCUT2D eigenvalue weighted by atomic mass is 10.0. The molecule has 0 saturated heterocycles. The third-order valence-corrected chi connectivity index (χ3v) is 2.54. The SMILES string of the molecule is CCC(C)(C)NC(=O)N[C@@H](CC(=O)OC)C(=O)O. The zero-order valence-corrected chi connectivity index (χ0v) is 11.1. The van der Waals surface area contributed by atoms with Crippen LogP contribution in [-0.2, 0) is 14.3 Å². The zero-order valence-electron chi connectivity index (χ0n) is 11.1. The normalized spacial score (nSPS) is 12.4. The summed E-state index contributed by atoms with van der Waals surface area (Å²) in [5.74, 6) is -1.98. The maximum absolute atomic E-state index is 11.6. The second-order valence-electron chi connectivity index (χ2n) is 4.51. The average molecular weight is 260 g/mol. The first-order chi connectivity index (χ1) is 8.21. The molecule has 3 N–H and O–H groups in total. The van der Waals surface area contributed by atoms with Gasteiger partial charge in [-0.05, 0) is 20.3 Å². The summed E-state index contributed by atoms with van der Waals surface area (Å²) in [6.07, 6.45) is 0.279. The highest BCUT2D eigenvalue weighted by atomic mass is 16.5. The van der Waals surface area contributed by atoms with Gasteiger partial charge in [-0.1, -0.05) is 6.92 Å². The Labute approximate surface area is 106 Å². The Morgan fingerprint density at radius 3 is 2.28 bits per heavy atom. The number of aliphatic carboxylic acids is 1. The van der Waals surface area contributed by atoms with Gasteiger partial charge in [0.05, 0.1) is 13.5 Å². The molecule has 0 aromatic heterocycles. The summed E-state index contributed by atoms with van der Waals surface area (Å²) in [5.41, 5.74) is -0.446. The number of carboxylic acid groups (broad SMARTS) is 1. The Morgan fingerprint density at radius 2 is 1.89 bits per heavy atom.